The van der Waals surface area contributed by atoms with Crippen LogP contribution < -0.4 is 5.32 Å². The van der Waals surface area contributed by atoms with Crippen molar-refractivity contribution < 1.29 is 4.79 Å². The molecule has 7 heteroatoms. The summed E-state index contributed by atoms with van der Waals surface area (Å²) in [6.45, 7) is 4.15. The maximum atomic E-state index is 12.4. The number of carbonyl (C=O) groups is 1. The van der Waals surface area contributed by atoms with Gasteiger partial charge in [-0.25, -0.2) is 0 Å². The fourth-order valence-electron chi connectivity index (χ4n) is 5.95. The van der Waals surface area contributed by atoms with Crippen molar-refractivity contribution in [2.24, 2.45) is 17.8 Å². The van der Waals surface area contributed by atoms with E-state index in [1.807, 2.05) is 16.9 Å². The minimum Gasteiger partial charge on any atom is -0.300 e. The van der Waals surface area contributed by atoms with Crippen LogP contribution >= 0.6 is 11.3 Å². The van der Waals surface area contributed by atoms with Gasteiger partial charge in [-0.15, -0.1) is 10.2 Å². The maximum absolute atomic E-state index is 12.4. The van der Waals surface area contributed by atoms with Crippen LogP contribution in [-0.4, -0.2) is 25.9 Å². The standard InChI is InChI=1S/C20H27N5OS/c1-12(2)25-4-3-16(24-25)8-17(26)21-19-23-22-18(27-19)20-9-13-5-14(10-20)7-15(6-13)11-20/h3-4,12-15H,5-11H2,1-2H3,(H,21,23,26). The predicted octanol–water partition coefficient (Wildman–Crippen LogP) is 3.96. The second kappa shape index (κ2) is 6.40. The Kier molecular flexibility index (Phi) is 4.11. The maximum Gasteiger partial charge on any atom is 0.232 e. The average Bonchev–Trinajstić information content (AvgIpc) is 3.23. The Labute approximate surface area is 163 Å². The molecule has 0 saturated heterocycles. The van der Waals surface area contributed by atoms with Crippen molar-refractivity contribution in [2.75, 3.05) is 5.32 Å². The summed E-state index contributed by atoms with van der Waals surface area (Å²) in [5, 5.41) is 18.0. The molecule has 6 rings (SSSR count). The first-order valence-electron chi connectivity index (χ1n) is 10.2. The molecular formula is C20H27N5OS. The van der Waals surface area contributed by atoms with Crippen LogP contribution in [0.5, 0.6) is 0 Å². The summed E-state index contributed by atoms with van der Waals surface area (Å²) >= 11 is 1.59. The van der Waals surface area contributed by atoms with E-state index in [9.17, 15) is 4.79 Å². The van der Waals surface area contributed by atoms with Crippen molar-refractivity contribution in [1.29, 1.82) is 0 Å². The van der Waals surface area contributed by atoms with Gasteiger partial charge in [0.05, 0.1) is 12.1 Å². The smallest absolute Gasteiger partial charge is 0.232 e. The van der Waals surface area contributed by atoms with Crippen LogP contribution in [0, 0.1) is 17.8 Å². The fourth-order valence-corrected chi connectivity index (χ4v) is 6.93. The zero-order chi connectivity index (χ0) is 18.6. The zero-order valence-corrected chi connectivity index (χ0v) is 16.8. The van der Waals surface area contributed by atoms with Gasteiger partial charge in [0.1, 0.15) is 5.01 Å². The van der Waals surface area contributed by atoms with Crippen LogP contribution in [0.3, 0.4) is 0 Å². The molecule has 4 saturated carbocycles. The van der Waals surface area contributed by atoms with E-state index in [2.05, 4.69) is 34.5 Å². The zero-order valence-electron chi connectivity index (χ0n) is 16.0. The number of hydrogen-bond donors (Lipinski definition) is 1. The second-order valence-electron chi connectivity index (χ2n) is 9.22. The fraction of sp³-hybridized carbons (Fsp3) is 0.700. The Morgan fingerprint density at radius 3 is 2.48 bits per heavy atom. The van der Waals surface area contributed by atoms with E-state index in [4.69, 9.17) is 0 Å². The van der Waals surface area contributed by atoms with Crippen molar-refractivity contribution in [3.8, 4) is 0 Å². The molecule has 2 aromatic rings. The average molecular weight is 386 g/mol. The quantitative estimate of drug-likeness (QED) is 0.845. The normalized spacial score (nSPS) is 31.6. The molecule has 27 heavy (non-hydrogen) atoms. The van der Waals surface area contributed by atoms with E-state index in [1.165, 1.54) is 38.5 Å². The Hall–Kier alpha value is -1.76. The molecule has 6 nitrogen and oxygen atoms in total. The van der Waals surface area contributed by atoms with Crippen molar-refractivity contribution in [3.05, 3.63) is 23.0 Å². The summed E-state index contributed by atoms with van der Waals surface area (Å²) in [7, 11) is 0. The number of hydrogen-bond acceptors (Lipinski definition) is 5. The van der Waals surface area contributed by atoms with E-state index >= 15 is 0 Å². The number of nitrogens with zero attached hydrogens (tertiary/aromatic N) is 4. The first kappa shape index (κ1) is 17.3. The summed E-state index contributed by atoms with van der Waals surface area (Å²) < 4.78 is 1.87. The highest BCUT2D eigenvalue weighted by molar-refractivity contribution is 7.15. The number of aromatic nitrogens is 4. The van der Waals surface area contributed by atoms with E-state index < -0.39 is 0 Å². The van der Waals surface area contributed by atoms with Gasteiger partial charge in [0, 0.05) is 17.7 Å². The minimum atomic E-state index is -0.0720. The lowest BCUT2D eigenvalue weighted by atomic mass is 9.50. The second-order valence-corrected chi connectivity index (χ2v) is 10.2. The highest BCUT2D eigenvalue weighted by atomic mass is 32.1. The van der Waals surface area contributed by atoms with Crippen molar-refractivity contribution in [2.45, 2.75) is 70.3 Å². The highest BCUT2D eigenvalue weighted by Crippen LogP contribution is 2.61. The third-order valence-electron chi connectivity index (χ3n) is 6.70. The van der Waals surface area contributed by atoms with Gasteiger partial charge in [-0.1, -0.05) is 11.3 Å². The van der Waals surface area contributed by atoms with Crippen LogP contribution in [0.4, 0.5) is 5.13 Å². The molecule has 0 aliphatic heterocycles. The van der Waals surface area contributed by atoms with Gasteiger partial charge >= 0.3 is 0 Å². The Balaban J connectivity index is 1.26. The number of rotatable bonds is 5. The van der Waals surface area contributed by atoms with Gasteiger partial charge in [0.2, 0.25) is 11.0 Å². The van der Waals surface area contributed by atoms with E-state index in [1.54, 1.807) is 11.3 Å². The predicted molar refractivity (Wildman–Crippen MR) is 105 cm³/mol. The molecule has 0 spiro atoms. The van der Waals surface area contributed by atoms with Gasteiger partial charge in [-0.2, -0.15) is 5.10 Å². The largest absolute Gasteiger partial charge is 0.300 e. The highest BCUT2D eigenvalue weighted by Gasteiger charge is 2.53. The summed E-state index contributed by atoms with van der Waals surface area (Å²) in [5.74, 6) is 2.58. The molecule has 2 heterocycles. The van der Waals surface area contributed by atoms with Crippen molar-refractivity contribution >= 4 is 22.4 Å². The van der Waals surface area contributed by atoms with Crippen LogP contribution in [0.15, 0.2) is 12.3 Å². The third-order valence-corrected chi connectivity index (χ3v) is 7.78. The number of nitrogens with one attached hydrogen (secondary N) is 1. The van der Waals surface area contributed by atoms with Gasteiger partial charge in [-0.3, -0.25) is 9.48 Å². The van der Waals surface area contributed by atoms with Gasteiger partial charge < -0.3 is 5.32 Å². The van der Waals surface area contributed by atoms with Crippen LogP contribution in [-0.2, 0) is 16.6 Å². The summed E-state index contributed by atoms with van der Waals surface area (Å²) in [6.07, 6.45) is 10.3. The van der Waals surface area contributed by atoms with Crippen LogP contribution in [0.25, 0.3) is 0 Å². The summed E-state index contributed by atoms with van der Waals surface area (Å²) in [4.78, 5) is 12.4. The molecule has 4 fully saturated rings. The molecule has 4 aliphatic carbocycles. The van der Waals surface area contributed by atoms with Crippen LogP contribution in [0.2, 0.25) is 0 Å². The Morgan fingerprint density at radius 1 is 1.22 bits per heavy atom. The molecule has 0 aromatic carbocycles. The number of carbonyl (C=O) groups excluding carboxylic acids is 1. The lowest BCUT2D eigenvalue weighted by molar-refractivity contribution is -0.115. The molecule has 4 bridgehead atoms. The first-order chi connectivity index (χ1) is 13.0. The molecule has 1 N–H and O–H groups in total. The minimum absolute atomic E-state index is 0.0720. The van der Waals surface area contributed by atoms with Gasteiger partial charge in [0.15, 0.2) is 0 Å². The van der Waals surface area contributed by atoms with Crippen molar-refractivity contribution in [3.63, 3.8) is 0 Å². The monoisotopic (exact) mass is 385 g/mol. The topological polar surface area (TPSA) is 72.7 Å². The Bertz CT molecular complexity index is 819. The SMILES string of the molecule is CC(C)n1ccc(CC(=O)Nc2nnc(C34CC5CC(CC(C5)C3)C4)s2)n1. The molecule has 0 unspecified atom stereocenters. The number of anilines is 1. The lowest BCUT2D eigenvalue weighted by Gasteiger charge is -2.55. The lowest BCUT2D eigenvalue weighted by Crippen LogP contribution is -2.48. The van der Waals surface area contributed by atoms with Crippen molar-refractivity contribution in [1.82, 2.24) is 20.0 Å². The Morgan fingerprint density at radius 2 is 1.89 bits per heavy atom. The van der Waals surface area contributed by atoms with Crippen LogP contribution in [0.1, 0.15) is 69.1 Å². The molecule has 4 aliphatic rings. The number of amides is 1. The van der Waals surface area contributed by atoms with E-state index in [0.29, 0.717) is 11.2 Å². The molecular weight excluding hydrogens is 358 g/mol. The first-order valence-corrected chi connectivity index (χ1v) is 11.0. The summed E-state index contributed by atoms with van der Waals surface area (Å²) in [6, 6.07) is 2.20. The van der Waals surface area contributed by atoms with Gasteiger partial charge in [-0.05, 0) is 76.2 Å². The van der Waals surface area contributed by atoms with E-state index in [-0.39, 0.29) is 17.7 Å². The molecule has 1 amide bonds. The molecule has 0 atom stereocenters. The van der Waals surface area contributed by atoms with E-state index in [0.717, 1.165) is 28.5 Å². The van der Waals surface area contributed by atoms with Gasteiger partial charge in [0.25, 0.3) is 0 Å². The molecule has 0 radical (unpaired) electrons. The summed E-state index contributed by atoms with van der Waals surface area (Å²) in [5.41, 5.74) is 1.03. The molecule has 144 valence electrons. The third kappa shape index (κ3) is 3.20. The molecule has 2 aromatic heterocycles.